The van der Waals surface area contributed by atoms with Gasteiger partial charge in [-0.3, -0.25) is 15.1 Å². The van der Waals surface area contributed by atoms with Gasteiger partial charge in [0.2, 0.25) is 10.0 Å². The highest BCUT2D eigenvalue weighted by molar-refractivity contribution is 7.89. The van der Waals surface area contributed by atoms with Crippen LogP contribution in [0.25, 0.3) is 0 Å². The fourth-order valence-corrected chi connectivity index (χ4v) is 6.13. The number of hydroxylamine groups is 3. The van der Waals surface area contributed by atoms with Crippen LogP contribution in [-0.2, 0) is 35.8 Å². The molecule has 0 radical (unpaired) electrons. The van der Waals surface area contributed by atoms with E-state index in [0.717, 1.165) is 17.7 Å². The van der Waals surface area contributed by atoms with Gasteiger partial charge < -0.3 is 14.5 Å². The highest BCUT2D eigenvalue weighted by atomic mass is 32.2. The van der Waals surface area contributed by atoms with Crippen LogP contribution in [0.4, 0.5) is 9.18 Å². The fraction of sp³-hybridized carbons (Fsp3) is 0.385. The Kier molecular flexibility index (Phi) is 7.84. The summed E-state index contributed by atoms with van der Waals surface area (Å²) < 4.78 is 45.5. The lowest BCUT2D eigenvalue weighted by molar-refractivity contribution is -0.156. The maximum absolute atomic E-state index is 13.2. The Morgan fingerprint density at radius 1 is 0.949 bits per heavy atom. The summed E-state index contributed by atoms with van der Waals surface area (Å²) in [5.41, 5.74) is 3.07. The van der Waals surface area contributed by atoms with Crippen LogP contribution in [0, 0.1) is 5.82 Å². The van der Waals surface area contributed by atoms with Crippen LogP contribution in [0.15, 0.2) is 71.3 Å². The standard InChI is InChI=1S/C26H29FN4O7S/c27-21-6-8-22(9-7-21)39(34,35)31-12-10-26(11-13-31)18-23(28-38-26)24(32)29-14-16-30(17-15-29)37-25(33)36-19-20-4-2-1-3-5-20/h1-9,18,28H,10-17,19H2. The first-order valence-corrected chi connectivity index (χ1v) is 14.0. The number of halogens is 1. The molecule has 11 nitrogen and oxygen atoms in total. The van der Waals surface area contributed by atoms with Gasteiger partial charge in [0.15, 0.2) is 0 Å². The molecular formula is C26H29FN4O7S. The summed E-state index contributed by atoms with van der Waals surface area (Å²) in [6.07, 6.45) is 1.62. The number of nitrogens with one attached hydrogen (secondary N) is 1. The smallest absolute Gasteiger partial charge is 0.428 e. The van der Waals surface area contributed by atoms with Crippen molar-refractivity contribution in [3.63, 3.8) is 0 Å². The molecule has 0 saturated carbocycles. The van der Waals surface area contributed by atoms with Gasteiger partial charge in [0.05, 0.1) is 18.0 Å². The van der Waals surface area contributed by atoms with Crippen molar-refractivity contribution in [1.29, 1.82) is 0 Å². The van der Waals surface area contributed by atoms with Crippen molar-refractivity contribution in [2.24, 2.45) is 0 Å². The fourth-order valence-electron chi connectivity index (χ4n) is 4.69. The van der Waals surface area contributed by atoms with Crippen molar-refractivity contribution in [2.75, 3.05) is 39.3 Å². The van der Waals surface area contributed by atoms with Gasteiger partial charge in [-0.05, 0) is 48.7 Å². The van der Waals surface area contributed by atoms with Crippen LogP contribution in [0.1, 0.15) is 18.4 Å². The molecule has 208 valence electrons. The first kappa shape index (κ1) is 27.1. The zero-order valence-corrected chi connectivity index (χ0v) is 21.9. The molecule has 1 amide bonds. The highest BCUT2D eigenvalue weighted by Gasteiger charge is 2.43. The lowest BCUT2D eigenvalue weighted by Crippen LogP contribution is -2.50. The monoisotopic (exact) mass is 560 g/mol. The van der Waals surface area contributed by atoms with Crippen LogP contribution >= 0.6 is 0 Å². The van der Waals surface area contributed by atoms with E-state index in [4.69, 9.17) is 14.4 Å². The average Bonchev–Trinajstić information content (AvgIpc) is 3.36. The van der Waals surface area contributed by atoms with E-state index in [0.29, 0.717) is 44.7 Å². The number of piperidine rings is 1. The molecule has 1 N–H and O–H groups in total. The number of ether oxygens (including phenoxy) is 1. The first-order chi connectivity index (χ1) is 18.7. The predicted octanol–water partition coefficient (Wildman–Crippen LogP) is 2.18. The molecule has 2 saturated heterocycles. The third-order valence-corrected chi connectivity index (χ3v) is 8.86. The van der Waals surface area contributed by atoms with Gasteiger partial charge in [0.25, 0.3) is 5.91 Å². The molecule has 39 heavy (non-hydrogen) atoms. The summed E-state index contributed by atoms with van der Waals surface area (Å²) in [6.45, 7) is 1.80. The summed E-state index contributed by atoms with van der Waals surface area (Å²) in [6, 6.07) is 14.0. The number of benzene rings is 2. The Morgan fingerprint density at radius 2 is 1.62 bits per heavy atom. The molecule has 0 aromatic heterocycles. The number of carbonyl (C=O) groups is 2. The molecule has 3 aliphatic heterocycles. The zero-order valence-electron chi connectivity index (χ0n) is 21.1. The van der Waals surface area contributed by atoms with Gasteiger partial charge in [-0.25, -0.2) is 17.6 Å². The second kappa shape index (κ2) is 11.3. The van der Waals surface area contributed by atoms with Gasteiger partial charge >= 0.3 is 6.16 Å². The summed E-state index contributed by atoms with van der Waals surface area (Å²) in [4.78, 5) is 37.7. The molecule has 13 heteroatoms. The Hall–Kier alpha value is -3.52. The number of rotatable bonds is 6. The summed E-state index contributed by atoms with van der Waals surface area (Å²) in [5.74, 6) is -0.755. The van der Waals surface area contributed by atoms with Crippen LogP contribution in [0.5, 0.6) is 0 Å². The van der Waals surface area contributed by atoms with Crippen molar-refractivity contribution in [3.05, 3.63) is 77.8 Å². The molecule has 3 heterocycles. The third kappa shape index (κ3) is 6.22. The number of sulfonamides is 1. The second-order valence-electron chi connectivity index (χ2n) is 9.52. The minimum atomic E-state index is -3.76. The van der Waals surface area contributed by atoms with E-state index in [2.05, 4.69) is 5.48 Å². The molecule has 0 bridgehead atoms. The number of hydrogen-bond acceptors (Lipinski definition) is 9. The number of hydrogen-bond donors (Lipinski definition) is 1. The predicted molar refractivity (Wildman–Crippen MR) is 135 cm³/mol. The lowest BCUT2D eigenvalue weighted by Gasteiger charge is -2.35. The van der Waals surface area contributed by atoms with Crippen molar-refractivity contribution < 1.29 is 36.8 Å². The number of piperazine rings is 1. The first-order valence-electron chi connectivity index (χ1n) is 12.6. The quantitative estimate of drug-likeness (QED) is 0.531. The van der Waals surface area contributed by atoms with Crippen molar-refractivity contribution >= 4 is 22.1 Å². The molecule has 5 rings (SSSR count). The van der Waals surface area contributed by atoms with E-state index >= 15 is 0 Å². The van der Waals surface area contributed by atoms with Crippen LogP contribution in [-0.4, -0.2) is 79.6 Å². The number of amides is 1. The Morgan fingerprint density at radius 3 is 2.28 bits per heavy atom. The molecule has 3 aliphatic rings. The Balaban J connectivity index is 1.09. The summed E-state index contributed by atoms with van der Waals surface area (Å²) in [5, 5.41) is 1.46. The third-order valence-electron chi connectivity index (χ3n) is 6.95. The van der Waals surface area contributed by atoms with Crippen LogP contribution < -0.4 is 5.48 Å². The van der Waals surface area contributed by atoms with E-state index in [9.17, 15) is 22.4 Å². The zero-order chi connectivity index (χ0) is 27.5. The topological polar surface area (TPSA) is 118 Å². The van der Waals surface area contributed by atoms with E-state index in [1.165, 1.54) is 21.5 Å². The number of carbonyl (C=O) groups excluding carboxylic acids is 2. The van der Waals surface area contributed by atoms with Crippen LogP contribution in [0.2, 0.25) is 0 Å². The molecule has 0 aliphatic carbocycles. The second-order valence-corrected chi connectivity index (χ2v) is 11.5. The van der Waals surface area contributed by atoms with E-state index in [-0.39, 0.29) is 30.5 Å². The SMILES string of the molecule is O=C(OCc1ccccc1)ON1CCN(C(=O)C2=CC3(CCN(S(=O)(=O)c4ccc(F)cc4)CC3)ON2)CC1. The normalized spacial score (nSPS) is 19.8. The van der Waals surface area contributed by atoms with Crippen molar-refractivity contribution in [1.82, 2.24) is 19.7 Å². The van der Waals surface area contributed by atoms with Gasteiger partial charge in [-0.2, -0.15) is 4.31 Å². The van der Waals surface area contributed by atoms with E-state index in [1.54, 1.807) is 11.0 Å². The van der Waals surface area contributed by atoms with Crippen molar-refractivity contribution in [3.8, 4) is 0 Å². The molecule has 2 aromatic rings. The van der Waals surface area contributed by atoms with E-state index < -0.39 is 27.6 Å². The summed E-state index contributed by atoms with van der Waals surface area (Å²) >= 11 is 0. The lowest BCUT2D eigenvalue weighted by atomic mass is 9.92. The average molecular weight is 561 g/mol. The maximum atomic E-state index is 13.2. The molecular weight excluding hydrogens is 531 g/mol. The van der Waals surface area contributed by atoms with Crippen molar-refractivity contribution in [2.45, 2.75) is 29.9 Å². The number of nitrogens with zero attached hydrogens (tertiary/aromatic N) is 3. The largest absolute Gasteiger partial charge is 0.528 e. The van der Waals surface area contributed by atoms with Gasteiger partial charge in [-0.1, -0.05) is 30.3 Å². The molecule has 0 unspecified atom stereocenters. The van der Waals surface area contributed by atoms with Gasteiger partial charge in [-0.15, -0.1) is 5.06 Å². The van der Waals surface area contributed by atoms with E-state index in [1.807, 2.05) is 30.3 Å². The highest BCUT2D eigenvalue weighted by Crippen LogP contribution is 2.34. The molecule has 2 fully saturated rings. The minimum Gasteiger partial charge on any atom is -0.428 e. The Bertz CT molecular complexity index is 1320. The molecule has 0 atom stereocenters. The molecule has 2 aromatic carbocycles. The maximum Gasteiger partial charge on any atom is 0.528 e. The minimum absolute atomic E-state index is 0.0318. The van der Waals surface area contributed by atoms with Gasteiger partial charge in [0, 0.05) is 26.2 Å². The Labute approximate surface area is 225 Å². The summed E-state index contributed by atoms with van der Waals surface area (Å²) in [7, 11) is -3.76. The van der Waals surface area contributed by atoms with Gasteiger partial charge in [0.1, 0.15) is 23.7 Å². The van der Waals surface area contributed by atoms with Crippen LogP contribution in [0.3, 0.4) is 0 Å². The molecule has 1 spiro atoms.